The van der Waals surface area contributed by atoms with Crippen molar-refractivity contribution in [2.24, 2.45) is 0 Å². The van der Waals surface area contributed by atoms with E-state index < -0.39 is 5.97 Å². The van der Waals surface area contributed by atoms with Crippen LogP contribution in [-0.2, 0) is 0 Å². The SMILES string of the molecule is CC(c1ccccc1)c1ccc(C(C)c2cc(C(C)c3ccccc3)cc(C(=O)O)c2O)cc1. The van der Waals surface area contributed by atoms with Gasteiger partial charge in [0.2, 0.25) is 0 Å². The minimum Gasteiger partial charge on any atom is -0.507 e. The quantitative estimate of drug-likeness (QED) is 0.306. The number of rotatable bonds is 7. The highest BCUT2D eigenvalue weighted by molar-refractivity contribution is 5.91. The van der Waals surface area contributed by atoms with Crippen molar-refractivity contribution in [1.82, 2.24) is 0 Å². The van der Waals surface area contributed by atoms with Gasteiger partial charge in [-0.1, -0.05) is 112 Å². The van der Waals surface area contributed by atoms with Crippen molar-refractivity contribution >= 4 is 5.97 Å². The molecule has 0 aliphatic heterocycles. The summed E-state index contributed by atoms with van der Waals surface area (Å²) in [6.07, 6.45) is 0. The van der Waals surface area contributed by atoms with Crippen LogP contribution in [0.5, 0.6) is 5.75 Å². The second-order valence-electron chi connectivity index (χ2n) is 8.96. The summed E-state index contributed by atoms with van der Waals surface area (Å²) in [7, 11) is 0. The molecular weight excluding hydrogens is 420 g/mol. The van der Waals surface area contributed by atoms with Crippen molar-refractivity contribution < 1.29 is 15.0 Å². The maximum Gasteiger partial charge on any atom is 0.339 e. The van der Waals surface area contributed by atoms with Crippen LogP contribution < -0.4 is 0 Å². The third kappa shape index (κ3) is 4.74. The van der Waals surface area contributed by atoms with Gasteiger partial charge in [0, 0.05) is 23.3 Å². The van der Waals surface area contributed by atoms with Crippen molar-refractivity contribution in [3.63, 3.8) is 0 Å². The van der Waals surface area contributed by atoms with Gasteiger partial charge in [-0.25, -0.2) is 4.79 Å². The van der Waals surface area contributed by atoms with Gasteiger partial charge in [0.25, 0.3) is 0 Å². The first-order valence-electron chi connectivity index (χ1n) is 11.7. The maximum atomic E-state index is 11.9. The number of hydrogen-bond donors (Lipinski definition) is 2. The van der Waals surface area contributed by atoms with Crippen LogP contribution in [0, 0.1) is 0 Å². The number of hydrogen-bond acceptors (Lipinski definition) is 2. The minimum atomic E-state index is -1.12. The van der Waals surface area contributed by atoms with Gasteiger partial charge in [0.15, 0.2) is 0 Å². The standard InChI is InChI=1S/C31H30O3/c1-20(23-10-6-4-7-11-23)25-14-16-26(17-15-25)22(3)28-18-27(19-29(30(28)32)31(33)34)21(2)24-12-8-5-9-13-24/h4-22,32H,1-3H3,(H,33,34). The molecule has 0 bridgehead atoms. The molecule has 0 aromatic heterocycles. The summed E-state index contributed by atoms with van der Waals surface area (Å²) >= 11 is 0. The Kier molecular flexibility index (Phi) is 6.83. The second-order valence-corrected chi connectivity index (χ2v) is 8.96. The van der Waals surface area contributed by atoms with E-state index in [1.54, 1.807) is 6.07 Å². The number of carboxylic acids is 1. The van der Waals surface area contributed by atoms with Crippen LogP contribution in [0.3, 0.4) is 0 Å². The molecule has 34 heavy (non-hydrogen) atoms. The zero-order valence-electron chi connectivity index (χ0n) is 19.8. The predicted molar refractivity (Wildman–Crippen MR) is 137 cm³/mol. The zero-order chi connectivity index (χ0) is 24.2. The Labute approximate surface area is 201 Å². The highest BCUT2D eigenvalue weighted by atomic mass is 16.4. The summed E-state index contributed by atoms with van der Waals surface area (Å²) in [5, 5.41) is 20.6. The Balaban J connectivity index is 1.69. The normalized spacial score (nSPS) is 13.7. The number of carboxylic acid groups (broad SMARTS) is 1. The molecule has 3 nitrogen and oxygen atoms in total. The summed E-state index contributed by atoms with van der Waals surface area (Å²) in [5.74, 6) is -1.18. The average molecular weight is 451 g/mol. The number of phenols is 1. The highest BCUT2D eigenvalue weighted by Crippen LogP contribution is 2.38. The Morgan fingerprint density at radius 3 is 1.47 bits per heavy atom. The maximum absolute atomic E-state index is 11.9. The molecule has 0 heterocycles. The van der Waals surface area contributed by atoms with E-state index in [2.05, 4.69) is 62.4 Å². The van der Waals surface area contributed by atoms with E-state index in [0.717, 1.165) is 16.7 Å². The van der Waals surface area contributed by atoms with Crippen molar-refractivity contribution in [2.45, 2.75) is 38.5 Å². The first-order valence-corrected chi connectivity index (χ1v) is 11.7. The van der Waals surface area contributed by atoms with Gasteiger partial charge in [-0.15, -0.1) is 0 Å². The lowest BCUT2D eigenvalue weighted by atomic mass is 9.84. The van der Waals surface area contributed by atoms with Crippen LogP contribution in [0.1, 0.15) is 82.3 Å². The first-order chi connectivity index (χ1) is 16.4. The topological polar surface area (TPSA) is 57.5 Å². The summed E-state index contributed by atoms with van der Waals surface area (Å²) < 4.78 is 0. The second kappa shape index (κ2) is 9.96. The predicted octanol–water partition coefficient (Wildman–Crippen LogP) is 7.55. The van der Waals surface area contributed by atoms with E-state index in [-0.39, 0.29) is 29.1 Å². The first kappa shape index (κ1) is 23.3. The lowest BCUT2D eigenvalue weighted by Gasteiger charge is -2.21. The van der Waals surface area contributed by atoms with Gasteiger partial charge in [-0.3, -0.25) is 0 Å². The molecule has 3 heteroatoms. The fraction of sp³-hybridized carbons (Fsp3) is 0.194. The number of aromatic carboxylic acids is 1. The molecule has 0 fully saturated rings. The van der Waals surface area contributed by atoms with Crippen molar-refractivity contribution in [3.8, 4) is 5.75 Å². The molecule has 2 N–H and O–H groups in total. The number of benzene rings is 4. The summed E-state index contributed by atoms with van der Waals surface area (Å²) in [6.45, 7) is 6.25. The smallest absolute Gasteiger partial charge is 0.339 e. The van der Waals surface area contributed by atoms with Crippen molar-refractivity contribution in [2.75, 3.05) is 0 Å². The summed E-state index contributed by atoms with van der Waals surface area (Å²) in [6, 6.07) is 32.3. The van der Waals surface area contributed by atoms with Gasteiger partial charge in [-0.05, 0) is 33.9 Å². The van der Waals surface area contributed by atoms with E-state index in [0.29, 0.717) is 5.56 Å². The van der Waals surface area contributed by atoms with Gasteiger partial charge < -0.3 is 10.2 Å². The molecule has 4 aromatic carbocycles. The van der Waals surface area contributed by atoms with Crippen LogP contribution >= 0.6 is 0 Å². The molecular formula is C31H30O3. The fourth-order valence-electron chi connectivity index (χ4n) is 4.54. The molecule has 172 valence electrons. The van der Waals surface area contributed by atoms with E-state index >= 15 is 0 Å². The molecule has 3 unspecified atom stereocenters. The van der Waals surface area contributed by atoms with E-state index in [1.807, 2.05) is 49.4 Å². The molecule has 4 rings (SSSR count). The number of aromatic hydroxyl groups is 1. The van der Waals surface area contributed by atoms with Gasteiger partial charge in [-0.2, -0.15) is 0 Å². The lowest BCUT2D eigenvalue weighted by Crippen LogP contribution is -2.07. The molecule has 0 aliphatic rings. The van der Waals surface area contributed by atoms with Crippen LogP contribution in [0.2, 0.25) is 0 Å². The van der Waals surface area contributed by atoms with Crippen LogP contribution in [0.15, 0.2) is 97.1 Å². The van der Waals surface area contributed by atoms with Gasteiger partial charge in [0.1, 0.15) is 11.3 Å². The molecule has 0 amide bonds. The largest absolute Gasteiger partial charge is 0.507 e. The third-order valence-electron chi connectivity index (χ3n) is 6.89. The Bertz CT molecular complexity index is 1260. The van der Waals surface area contributed by atoms with Crippen molar-refractivity contribution in [1.29, 1.82) is 0 Å². The zero-order valence-corrected chi connectivity index (χ0v) is 19.8. The van der Waals surface area contributed by atoms with E-state index in [9.17, 15) is 15.0 Å². The van der Waals surface area contributed by atoms with Gasteiger partial charge >= 0.3 is 5.97 Å². The molecule has 4 aromatic rings. The van der Waals surface area contributed by atoms with Crippen LogP contribution in [0.25, 0.3) is 0 Å². The average Bonchev–Trinajstić information content (AvgIpc) is 2.88. The molecule has 0 radical (unpaired) electrons. The third-order valence-corrected chi connectivity index (χ3v) is 6.89. The lowest BCUT2D eigenvalue weighted by molar-refractivity contribution is 0.0693. The summed E-state index contributed by atoms with van der Waals surface area (Å²) in [5.41, 5.74) is 6.04. The molecule has 0 saturated carbocycles. The van der Waals surface area contributed by atoms with Crippen LogP contribution in [0.4, 0.5) is 0 Å². The van der Waals surface area contributed by atoms with E-state index in [1.165, 1.54) is 11.1 Å². The summed E-state index contributed by atoms with van der Waals surface area (Å²) in [4.78, 5) is 11.9. The van der Waals surface area contributed by atoms with Crippen LogP contribution in [-0.4, -0.2) is 16.2 Å². The molecule has 0 saturated heterocycles. The Morgan fingerprint density at radius 2 is 1.00 bits per heavy atom. The molecule has 3 atom stereocenters. The molecule has 0 aliphatic carbocycles. The van der Waals surface area contributed by atoms with Crippen molar-refractivity contribution in [3.05, 3.63) is 136 Å². The van der Waals surface area contributed by atoms with E-state index in [4.69, 9.17) is 0 Å². The molecule has 0 spiro atoms. The number of carbonyl (C=O) groups is 1. The minimum absolute atomic E-state index is 0.0000481. The fourth-order valence-corrected chi connectivity index (χ4v) is 4.54. The van der Waals surface area contributed by atoms with Gasteiger partial charge in [0.05, 0.1) is 0 Å². The Morgan fingerprint density at radius 1 is 0.588 bits per heavy atom. The monoisotopic (exact) mass is 450 g/mol. The highest BCUT2D eigenvalue weighted by Gasteiger charge is 2.23. The Hall–Kier alpha value is -3.85.